The summed E-state index contributed by atoms with van der Waals surface area (Å²) >= 11 is 0. The molecule has 0 amide bonds. The molecule has 0 bridgehead atoms. The molecule has 1 aromatic carbocycles. The Kier molecular flexibility index (Phi) is 3.55. The number of pyridine rings is 1. The molecule has 0 aliphatic rings. The van der Waals surface area contributed by atoms with Gasteiger partial charge in [-0.1, -0.05) is 18.2 Å². The molecule has 3 rings (SSSR count). The van der Waals surface area contributed by atoms with E-state index in [4.69, 9.17) is 10.5 Å². The van der Waals surface area contributed by atoms with E-state index in [1.807, 2.05) is 28.8 Å². The lowest BCUT2D eigenvalue weighted by Crippen LogP contribution is -2.03. The van der Waals surface area contributed by atoms with Gasteiger partial charge in [0.25, 0.3) is 0 Å². The quantitative estimate of drug-likeness (QED) is 0.797. The summed E-state index contributed by atoms with van der Waals surface area (Å²) in [6, 6.07) is 9.72. The van der Waals surface area contributed by atoms with Crippen molar-refractivity contribution in [2.45, 2.75) is 6.54 Å². The maximum atomic E-state index is 6.02. The molecule has 0 saturated carbocycles. The van der Waals surface area contributed by atoms with Gasteiger partial charge >= 0.3 is 0 Å². The molecule has 2 aromatic heterocycles. The molecule has 0 unspecified atom stereocenters. The standard InChI is InChI=1S/C16H16N4O/c1-21-16-5-3-2-4-12(16)10-20-11-19-9-15(20)13-8-18-7-6-14(13)17/h2-9,11H,10H2,1H3,(H2,17,18). The first-order valence-electron chi connectivity index (χ1n) is 6.61. The predicted molar refractivity (Wildman–Crippen MR) is 82.0 cm³/mol. The van der Waals surface area contributed by atoms with E-state index < -0.39 is 0 Å². The van der Waals surface area contributed by atoms with Crippen molar-refractivity contribution in [1.29, 1.82) is 0 Å². The summed E-state index contributed by atoms with van der Waals surface area (Å²) in [6.07, 6.45) is 7.02. The van der Waals surface area contributed by atoms with Crippen molar-refractivity contribution in [2.75, 3.05) is 12.8 Å². The van der Waals surface area contributed by atoms with Crippen molar-refractivity contribution < 1.29 is 4.74 Å². The number of ether oxygens (including phenoxy) is 1. The minimum absolute atomic E-state index is 0.660. The highest BCUT2D eigenvalue weighted by molar-refractivity contribution is 5.72. The third kappa shape index (κ3) is 2.58. The minimum Gasteiger partial charge on any atom is -0.496 e. The third-order valence-corrected chi connectivity index (χ3v) is 3.38. The van der Waals surface area contributed by atoms with Gasteiger partial charge in [0.15, 0.2) is 0 Å². The van der Waals surface area contributed by atoms with Crippen LogP contribution in [0.3, 0.4) is 0 Å². The molecule has 0 aliphatic carbocycles. The molecule has 0 spiro atoms. The second-order valence-corrected chi connectivity index (χ2v) is 4.68. The van der Waals surface area contributed by atoms with Gasteiger partial charge < -0.3 is 15.0 Å². The van der Waals surface area contributed by atoms with Crippen molar-refractivity contribution in [3.05, 3.63) is 60.8 Å². The first-order chi connectivity index (χ1) is 10.3. The Morgan fingerprint density at radius 1 is 1.14 bits per heavy atom. The number of benzene rings is 1. The summed E-state index contributed by atoms with van der Waals surface area (Å²) in [7, 11) is 1.67. The Bertz CT molecular complexity index is 751. The highest BCUT2D eigenvalue weighted by Gasteiger charge is 2.10. The van der Waals surface area contributed by atoms with Gasteiger partial charge in [0.1, 0.15) is 5.75 Å². The van der Waals surface area contributed by atoms with Gasteiger partial charge in [-0.2, -0.15) is 0 Å². The molecule has 0 radical (unpaired) electrons. The fourth-order valence-corrected chi connectivity index (χ4v) is 2.31. The number of hydrogen-bond acceptors (Lipinski definition) is 4. The first-order valence-corrected chi connectivity index (χ1v) is 6.61. The molecule has 0 fully saturated rings. The largest absolute Gasteiger partial charge is 0.496 e. The summed E-state index contributed by atoms with van der Waals surface area (Å²) in [5.74, 6) is 0.858. The van der Waals surface area contributed by atoms with Crippen molar-refractivity contribution >= 4 is 5.69 Å². The number of para-hydroxylation sites is 1. The molecule has 2 heterocycles. The van der Waals surface area contributed by atoms with Gasteiger partial charge in [0.05, 0.1) is 31.9 Å². The van der Waals surface area contributed by atoms with E-state index in [9.17, 15) is 0 Å². The van der Waals surface area contributed by atoms with Crippen molar-refractivity contribution in [3.63, 3.8) is 0 Å². The zero-order chi connectivity index (χ0) is 14.7. The van der Waals surface area contributed by atoms with E-state index in [1.165, 1.54) is 0 Å². The topological polar surface area (TPSA) is 66.0 Å². The van der Waals surface area contributed by atoms with Crippen LogP contribution in [0.5, 0.6) is 5.75 Å². The number of methoxy groups -OCH3 is 1. The summed E-state index contributed by atoms with van der Waals surface area (Å²) in [6.45, 7) is 0.660. The van der Waals surface area contributed by atoms with E-state index in [1.54, 1.807) is 38.1 Å². The summed E-state index contributed by atoms with van der Waals surface area (Å²) < 4.78 is 7.43. The average Bonchev–Trinajstić information content (AvgIpc) is 2.96. The molecule has 5 nitrogen and oxygen atoms in total. The van der Waals surface area contributed by atoms with Crippen molar-refractivity contribution in [3.8, 4) is 17.0 Å². The number of aromatic nitrogens is 3. The van der Waals surface area contributed by atoms with Gasteiger partial charge in [0.2, 0.25) is 0 Å². The second kappa shape index (κ2) is 5.66. The van der Waals surface area contributed by atoms with E-state index in [0.717, 1.165) is 22.6 Å². The minimum atomic E-state index is 0.660. The zero-order valence-corrected chi connectivity index (χ0v) is 11.7. The van der Waals surface area contributed by atoms with Gasteiger partial charge in [0, 0.05) is 29.2 Å². The first kappa shape index (κ1) is 13.2. The van der Waals surface area contributed by atoms with Crippen LogP contribution in [0.2, 0.25) is 0 Å². The fraction of sp³-hybridized carbons (Fsp3) is 0.125. The molecular formula is C16H16N4O. The number of imidazole rings is 1. The van der Waals surface area contributed by atoms with Crippen LogP contribution in [0.15, 0.2) is 55.2 Å². The Hall–Kier alpha value is -2.82. The molecule has 2 N–H and O–H groups in total. The average molecular weight is 280 g/mol. The Balaban J connectivity index is 1.99. The lowest BCUT2D eigenvalue weighted by Gasteiger charge is -2.12. The highest BCUT2D eigenvalue weighted by Crippen LogP contribution is 2.26. The van der Waals surface area contributed by atoms with E-state index in [2.05, 4.69) is 9.97 Å². The number of rotatable bonds is 4. The number of nitrogens with zero attached hydrogens (tertiary/aromatic N) is 3. The van der Waals surface area contributed by atoms with Gasteiger partial charge in [-0.15, -0.1) is 0 Å². The Morgan fingerprint density at radius 2 is 2.00 bits per heavy atom. The Labute approximate surface area is 123 Å². The van der Waals surface area contributed by atoms with Crippen LogP contribution in [-0.4, -0.2) is 21.6 Å². The number of nitrogen functional groups attached to an aromatic ring is 1. The van der Waals surface area contributed by atoms with E-state index >= 15 is 0 Å². The lowest BCUT2D eigenvalue weighted by atomic mass is 10.1. The highest BCUT2D eigenvalue weighted by atomic mass is 16.5. The van der Waals surface area contributed by atoms with Crippen LogP contribution in [0, 0.1) is 0 Å². The number of anilines is 1. The summed E-state index contributed by atoms with van der Waals surface area (Å²) in [5.41, 5.74) is 9.61. The Morgan fingerprint density at radius 3 is 2.81 bits per heavy atom. The summed E-state index contributed by atoms with van der Waals surface area (Å²) in [5, 5.41) is 0. The van der Waals surface area contributed by atoms with Gasteiger partial charge in [-0.3, -0.25) is 4.98 Å². The van der Waals surface area contributed by atoms with E-state index in [0.29, 0.717) is 12.2 Å². The van der Waals surface area contributed by atoms with Crippen molar-refractivity contribution in [1.82, 2.24) is 14.5 Å². The summed E-state index contributed by atoms with van der Waals surface area (Å²) in [4.78, 5) is 8.37. The van der Waals surface area contributed by atoms with Crippen molar-refractivity contribution in [2.24, 2.45) is 0 Å². The van der Waals surface area contributed by atoms with E-state index in [-0.39, 0.29) is 0 Å². The molecule has 0 atom stereocenters. The molecule has 21 heavy (non-hydrogen) atoms. The molecule has 0 aliphatic heterocycles. The number of hydrogen-bond donors (Lipinski definition) is 1. The molecule has 5 heteroatoms. The molecular weight excluding hydrogens is 264 g/mol. The van der Waals surface area contributed by atoms with Crippen LogP contribution in [-0.2, 0) is 6.54 Å². The van der Waals surface area contributed by atoms with Crippen LogP contribution in [0.1, 0.15) is 5.56 Å². The molecule has 0 saturated heterocycles. The number of nitrogens with two attached hydrogens (primary N) is 1. The molecule has 106 valence electrons. The zero-order valence-electron chi connectivity index (χ0n) is 11.7. The maximum absolute atomic E-state index is 6.02. The van der Waals surface area contributed by atoms with Gasteiger partial charge in [-0.25, -0.2) is 4.98 Å². The van der Waals surface area contributed by atoms with Crippen LogP contribution >= 0.6 is 0 Å². The second-order valence-electron chi connectivity index (χ2n) is 4.68. The maximum Gasteiger partial charge on any atom is 0.123 e. The predicted octanol–water partition coefficient (Wildman–Crippen LogP) is 2.58. The lowest BCUT2D eigenvalue weighted by molar-refractivity contribution is 0.408. The van der Waals surface area contributed by atoms with Crippen LogP contribution in [0.4, 0.5) is 5.69 Å². The smallest absolute Gasteiger partial charge is 0.123 e. The van der Waals surface area contributed by atoms with Crippen LogP contribution < -0.4 is 10.5 Å². The molecule has 3 aromatic rings. The van der Waals surface area contributed by atoms with Gasteiger partial charge in [-0.05, 0) is 12.1 Å². The third-order valence-electron chi connectivity index (χ3n) is 3.38. The normalized spacial score (nSPS) is 10.5. The SMILES string of the molecule is COc1ccccc1Cn1cncc1-c1cnccc1N. The van der Waals surface area contributed by atoms with Crippen LogP contribution in [0.25, 0.3) is 11.3 Å². The fourth-order valence-electron chi connectivity index (χ4n) is 2.31. The monoisotopic (exact) mass is 280 g/mol.